The highest BCUT2D eigenvalue weighted by molar-refractivity contribution is 9.10. The van der Waals surface area contributed by atoms with Crippen molar-refractivity contribution in [3.05, 3.63) is 74.7 Å². The molecule has 0 saturated carbocycles. The summed E-state index contributed by atoms with van der Waals surface area (Å²) in [5.74, 6) is -1.68. The molecule has 2 N–H and O–H groups in total. The van der Waals surface area contributed by atoms with Crippen LogP contribution in [0.1, 0.15) is 17.2 Å². The number of hydrogen-bond acceptors (Lipinski definition) is 3. The van der Waals surface area contributed by atoms with Crippen LogP contribution in [-0.4, -0.2) is 16.8 Å². The van der Waals surface area contributed by atoms with Gasteiger partial charge >= 0.3 is 0 Å². The van der Waals surface area contributed by atoms with Gasteiger partial charge in [-0.15, -0.1) is 0 Å². The molecule has 0 spiro atoms. The van der Waals surface area contributed by atoms with Crippen molar-refractivity contribution < 1.29 is 14.7 Å². The predicted octanol–water partition coefficient (Wildman–Crippen LogP) is 3.81. The summed E-state index contributed by atoms with van der Waals surface area (Å²) in [7, 11) is 0. The molecule has 1 heterocycles. The number of ketones is 1. The number of aliphatic hydroxyl groups excluding tert-OH is 1. The zero-order valence-corrected chi connectivity index (χ0v) is 14.1. The minimum atomic E-state index is -0.731. The number of carbonyl (C=O) groups is 2. The Kier molecular flexibility index (Phi) is 4.24. The molecule has 1 aliphatic rings. The van der Waals surface area contributed by atoms with Gasteiger partial charge in [0.2, 0.25) is 0 Å². The third kappa shape index (κ3) is 3.02. The van der Waals surface area contributed by atoms with Gasteiger partial charge in [-0.25, -0.2) is 0 Å². The average molecular weight is 393 g/mol. The smallest absolute Gasteiger partial charge is 0.293 e. The number of amides is 1. The van der Waals surface area contributed by atoms with Gasteiger partial charge in [-0.2, -0.15) is 0 Å². The summed E-state index contributed by atoms with van der Waals surface area (Å²) in [5.41, 5.74) is 1.18. The van der Waals surface area contributed by atoms with Crippen molar-refractivity contribution in [2.75, 3.05) is 0 Å². The van der Waals surface area contributed by atoms with Crippen LogP contribution in [0.4, 0.5) is 0 Å². The van der Waals surface area contributed by atoms with E-state index >= 15 is 0 Å². The second kappa shape index (κ2) is 6.18. The lowest BCUT2D eigenvalue weighted by Crippen LogP contribution is -2.21. The zero-order chi connectivity index (χ0) is 16.6. The topological polar surface area (TPSA) is 66.4 Å². The highest BCUT2D eigenvalue weighted by atomic mass is 79.9. The molecule has 4 nitrogen and oxygen atoms in total. The first-order valence-corrected chi connectivity index (χ1v) is 7.94. The Hall–Kier alpha value is -2.11. The van der Waals surface area contributed by atoms with Gasteiger partial charge in [0.1, 0.15) is 5.76 Å². The maximum absolute atomic E-state index is 12.2. The SMILES string of the molecule is O=C1NC(c2ccc(Br)cc2)C(=C(O)c2ccc(Cl)cc2)C1=O. The Morgan fingerprint density at radius 2 is 1.65 bits per heavy atom. The van der Waals surface area contributed by atoms with Crippen molar-refractivity contribution in [3.63, 3.8) is 0 Å². The molecule has 1 saturated heterocycles. The Labute approximate surface area is 145 Å². The number of aliphatic hydroxyl groups is 1. The number of halogens is 2. The van der Waals surface area contributed by atoms with Gasteiger partial charge in [-0.05, 0) is 42.0 Å². The van der Waals surface area contributed by atoms with Crippen LogP contribution in [0.15, 0.2) is 58.6 Å². The molecule has 0 bridgehead atoms. The molecule has 2 aromatic carbocycles. The van der Waals surface area contributed by atoms with E-state index in [2.05, 4.69) is 21.2 Å². The van der Waals surface area contributed by atoms with E-state index in [0.717, 1.165) is 4.47 Å². The fraction of sp³-hybridized carbons (Fsp3) is 0.0588. The molecule has 0 radical (unpaired) electrons. The van der Waals surface area contributed by atoms with Crippen LogP contribution in [0.2, 0.25) is 5.02 Å². The Balaban J connectivity index is 2.10. The molecule has 1 atom stereocenters. The molecule has 1 amide bonds. The molecule has 6 heteroatoms. The van der Waals surface area contributed by atoms with E-state index < -0.39 is 17.7 Å². The van der Waals surface area contributed by atoms with Crippen LogP contribution in [-0.2, 0) is 9.59 Å². The largest absolute Gasteiger partial charge is 0.507 e. The van der Waals surface area contributed by atoms with E-state index in [1.54, 1.807) is 48.5 Å². The second-order valence-corrected chi connectivity index (χ2v) is 6.41. The molecule has 2 aromatic rings. The summed E-state index contributed by atoms with van der Waals surface area (Å²) in [6.07, 6.45) is 0. The van der Waals surface area contributed by atoms with Crippen LogP contribution in [0.3, 0.4) is 0 Å². The standard InChI is InChI=1S/C17H11BrClNO3/c18-11-5-1-9(2-6-11)14-13(16(22)17(23)20-14)15(21)10-3-7-12(19)8-4-10/h1-8,14,21H,(H,20,23). The van der Waals surface area contributed by atoms with E-state index in [-0.39, 0.29) is 11.3 Å². The minimum absolute atomic E-state index is 0.0413. The molecular formula is C17H11BrClNO3. The van der Waals surface area contributed by atoms with E-state index in [1.807, 2.05) is 0 Å². The summed E-state index contributed by atoms with van der Waals surface area (Å²) < 4.78 is 0.879. The Bertz CT molecular complexity index is 813. The lowest BCUT2D eigenvalue weighted by Gasteiger charge is -2.13. The first kappa shape index (κ1) is 15.8. The lowest BCUT2D eigenvalue weighted by molar-refractivity contribution is -0.133. The third-order valence-electron chi connectivity index (χ3n) is 3.59. The highest BCUT2D eigenvalue weighted by Crippen LogP contribution is 2.33. The predicted molar refractivity (Wildman–Crippen MR) is 91.0 cm³/mol. The quantitative estimate of drug-likeness (QED) is 0.464. The molecule has 116 valence electrons. The molecular weight excluding hydrogens is 382 g/mol. The van der Waals surface area contributed by atoms with Gasteiger partial charge in [0.15, 0.2) is 0 Å². The van der Waals surface area contributed by atoms with Gasteiger partial charge in [-0.3, -0.25) is 9.59 Å². The van der Waals surface area contributed by atoms with E-state index in [9.17, 15) is 14.7 Å². The Morgan fingerprint density at radius 1 is 1.04 bits per heavy atom. The van der Waals surface area contributed by atoms with E-state index in [1.165, 1.54) is 0 Å². The zero-order valence-electron chi connectivity index (χ0n) is 11.7. The van der Waals surface area contributed by atoms with E-state index in [4.69, 9.17) is 11.6 Å². The summed E-state index contributed by atoms with van der Waals surface area (Å²) in [5, 5.41) is 13.6. The van der Waals surface area contributed by atoms with Crippen molar-refractivity contribution in [1.82, 2.24) is 5.32 Å². The monoisotopic (exact) mass is 391 g/mol. The summed E-state index contributed by atoms with van der Waals surface area (Å²) >= 11 is 9.17. The maximum Gasteiger partial charge on any atom is 0.293 e. The highest BCUT2D eigenvalue weighted by Gasteiger charge is 2.39. The number of benzene rings is 2. The summed E-state index contributed by atoms with van der Waals surface area (Å²) in [4.78, 5) is 24.0. The lowest BCUT2D eigenvalue weighted by atomic mass is 9.96. The average Bonchev–Trinajstić information content (AvgIpc) is 2.84. The first-order valence-electron chi connectivity index (χ1n) is 6.77. The molecule has 0 aliphatic carbocycles. The van der Waals surface area contributed by atoms with E-state index in [0.29, 0.717) is 16.1 Å². The van der Waals surface area contributed by atoms with Crippen molar-refractivity contribution in [2.24, 2.45) is 0 Å². The molecule has 3 rings (SSSR count). The number of nitrogens with one attached hydrogen (secondary N) is 1. The van der Waals surface area contributed by atoms with Crippen molar-refractivity contribution in [3.8, 4) is 0 Å². The fourth-order valence-corrected chi connectivity index (χ4v) is 2.83. The van der Waals surface area contributed by atoms with Crippen LogP contribution in [0, 0.1) is 0 Å². The van der Waals surface area contributed by atoms with Gasteiger partial charge in [0.05, 0.1) is 11.6 Å². The molecule has 23 heavy (non-hydrogen) atoms. The number of hydrogen-bond donors (Lipinski definition) is 2. The molecule has 1 aliphatic heterocycles. The van der Waals surface area contributed by atoms with Crippen molar-refractivity contribution >= 4 is 45.0 Å². The number of Topliss-reactive ketones (excluding diaryl/α,β-unsaturated/α-hetero) is 1. The van der Waals surface area contributed by atoms with Crippen LogP contribution < -0.4 is 5.32 Å². The summed E-state index contributed by atoms with van der Waals surface area (Å²) in [6, 6.07) is 12.9. The second-order valence-electron chi connectivity index (χ2n) is 5.06. The van der Waals surface area contributed by atoms with Crippen molar-refractivity contribution in [2.45, 2.75) is 6.04 Å². The molecule has 0 aromatic heterocycles. The van der Waals surface area contributed by atoms with Gasteiger partial charge in [0.25, 0.3) is 11.7 Å². The number of rotatable bonds is 2. The third-order valence-corrected chi connectivity index (χ3v) is 4.37. The molecule has 1 unspecified atom stereocenters. The number of carbonyl (C=O) groups excluding carboxylic acids is 2. The van der Waals surface area contributed by atoms with Crippen LogP contribution in [0.5, 0.6) is 0 Å². The van der Waals surface area contributed by atoms with Crippen molar-refractivity contribution in [1.29, 1.82) is 0 Å². The summed E-state index contributed by atoms with van der Waals surface area (Å²) in [6.45, 7) is 0. The Morgan fingerprint density at radius 3 is 2.26 bits per heavy atom. The first-order chi connectivity index (χ1) is 11.0. The van der Waals surface area contributed by atoms with Gasteiger partial charge in [0, 0.05) is 15.1 Å². The fourth-order valence-electron chi connectivity index (χ4n) is 2.43. The van der Waals surface area contributed by atoms with Gasteiger partial charge in [-0.1, -0.05) is 39.7 Å². The maximum atomic E-state index is 12.2. The van der Waals surface area contributed by atoms with Gasteiger partial charge < -0.3 is 10.4 Å². The van der Waals surface area contributed by atoms with Crippen LogP contribution in [0.25, 0.3) is 5.76 Å². The minimum Gasteiger partial charge on any atom is -0.507 e. The van der Waals surface area contributed by atoms with Crippen LogP contribution >= 0.6 is 27.5 Å². The normalized spacial score (nSPS) is 19.7. The molecule has 1 fully saturated rings.